The van der Waals surface area contributed by atoms with Gasteiger partial charge in [-0.15, -0.1) is 0 Å². The molecule has 0 radical (unpaired) electrons. The van der Waals surface area contributed by atoms with E-state index in [9.17, 15) is 14.9 Å². The minimum Gasteiger partial charge on any atom is -0.476 e. The molecule has 7 nitrogen and oxygen atoms in total. The number of carbonyl (C=O) groups is 1. The van der Waals surface area contributed by atoms with E-state index in [1.165, 1.54) is 26.4 Å². The van der Waals surface area contributed by atoms with Gasteiger partial charge in [0.2, 0.25) is 0 Å². The van der Waals surface area contributed by atoms with Crippen LogP contribution in [0.3, 0.4) is 0 Å². The number of hydrogen-bond donors (Lipinski definition) is 0. The van der Waals surface area contributed by atoms with Gasteiger partial charge < -0.3 is 9.47 Å². The third-order valence-electron chi connectivity index (χ3n) is 3.51. The van der Waals surface area contributed by atoms with E-state index in [4.69, 9.17) is 9.47 Å². The van der Waals surface area contributed by atoms with Gasteiger partial charge in [-0.1, -0.05) is 30.3 Å². The highest BCUT2D eigenvalue weighted by Gasteiger charge is 2.23. The predicted octanol–water partition coefficient (Wildman–Crippen LogP) is 3.11. The highest BCUT2D eigenvalue weighted by molar-refractivity contribution is 5.95. The standard InChI is InChI=1S/C18H18N2O5/c1-12-9-14(16(20(22)23)17(19-12)24-2)11-15(18(21)25-3)10-13-7-5-4-6-8-13/h4-9,11H,10H2,1-3H3/b15-11+. The van der Waals surface area contributed by atoms with Crippen molar-refractivity contribution in [1.29, 1.82) is 0 Å². The summed E-state index contributed by atoms with van der Waals surface area (Å²) in [6.07, 6.45) is 1.74. The minimum atomic E-state index is -0.575. The Morgan fingerprint density at radius 3 is 2.52 bits per heavy atom. The van der Waals surface area contributed by atoms with E-state index in [0.29, 0.717) is 11.3 Å². The van der Waals surface area contributed by atoms with Gasteiger partial charge in [0, 0.05) is 17.7 Å². The molecular weight excluding hydrogens is 324 g/mol. The van der Waals surface area contributed by atoms with Crippen LogP contribution in [0.25, 0.3) is 6.08 Å². The number of methoxy groups -OCH3 is 2. The van der Waals surface area contributed by atoms with Crippen LogP contribution in [0.2, 0.25) is 0 Å². The van der Waals surface area contributed by atoms with E-state index in [1.54, 1.807) is 6.92 Å². The molecule has 0 unspecified atom stereocenters. The van der Waals surface area contributed by atoms with Crippen molar-refractivity contribution >= 4 is 17.7 Å². The Hall–Kier alpha value is -3.22. The van der Waals surface area contributed by atoms with Gasteiger partial charge in [-0.2, -0.15) is 0 Å². The van der Waals surface area contributed by atoms with Crippen LogP contribution >= 0.6 is 0 Å². The Morgan fingerprint density at radius 2 is 1.96 bits per heavy atom. The first kappa shape index (κ1) is 18.1. The summed E-state index contributed by atoms with van der Waals surface area (Å²) in [5.41, 5.74) is 1.68. The number of aryl methyl sites for hydroxylation is 1. The number of rotatable bonds is 6. The van der Waals surface area contributed by atoms with Crippen LogP contribution in [-0.2, 0) is 16.0 Å². The van der Waals surface area contributed by atoms with Crippen molar-refractivity contribution in [2.24, 2.45) is 0 Å². The quantitative estimate of drug-likeness (QED) is 0.347. The highest BCUT2D eigenvalue weighted by atomic mass is 16.6. The molecule has 0 N–H and O–H groups in total. The second-order valence-corrected chi connectivity index (χ2v) is 5.29. The second kappa shape index (κ2) is 8.05. The van der Waals surface area contributed by atoms with Gasteiger partial charge in [0.1, 0.15) is 0 Å². The van der Waals surface area contributed by atoms with Gasteiger partial charge in [0.25, 0.3) is 5.88 Å². The van der Waals surface area contributed by atoms with E-state index in [2.05, 4.69) is 4.98 Å². The van der Waals surface area contributed by atoms with Crippen LogP contribution in [0.15, 0.2) is 42.0 Å². The molecule has 7 heteroatoms. The number of hydrogen-bond acceptors (Lipinski definition) is 6. The van der Waals surface area contributed by atoms with Crippen molar-refractivity contribution in [3.05, 3.63) is 68.9 Å². The summed E-state index contributed by atoms with van der Waals surface area (Å²) in [7, 11) is 2.58. The molecule has 0 fully saturated rings. The first-order valence-electron chi connectivity index (χ1n) is 7.49. The van der Waals surface area contributed by atoms with E-state index >= 15 is 0 Å². The van der Waals surface area contributed by atoms with E-state index in [1.807, 2.05) is 30.3 Å². The fourth-order valence-corrected chi connectivity index (χ4v) is 2.41. The average molecular weight is 342 g/mol. The molecule has 0 saturated carbocycles. The van der Waals surface area contributed by atoms with Crippen LogP contribution in [0, 0.1) is 17.0 Å². The molecule has 0 bridgehead atoms. The second-order valence-electron chi connectivity index (χ2n) is 5.29. The smallest absolute Gasteiger partial charge is 0.338 e. The number of carbonyl (C=O) groups excluding carboxylic acids is 1. The molecule has 1 aromatic heterocycles. The molecule has 0 aliphatic rings. The van der Waals surface area contributed by atoms with Gasteiger partial charge in [-0.3, -0.25) is 10.1 Å². The van der Waals surface area contributed by atoms with Gasteiger partial charge in [-0.25, -0.2) is 9.78 Å². The number of ether oxygens (including phenoxy) is 2. The summed E-state index contributed by atoms with van der Waals surface area (Å²) in [6.45, 7) is 1.69. The molecule has 0 saturated heterocycles. The molecular formula is C18H18N2O5. The number of esters is 1. The maximum atomic E-state index is 12.1. The molecule has 0 aliphatic carbocycles. The molecule has 0 amide bonds. The van der Waals surface area contributed by atoms with E-state index < -0.39 is 10.9 Å². The summed E-state index contributed by atoms with van der Waals surface area (Å²) in [5, 5.41) is 11.4. The molecule has 0 spiro atoms. The van der Waals surface area contributed by atoms with Gasteiger partial charge in [0.05, 0.1) is 24.7 Å². The van der Waals surface area contributed by atoms with Crippen LogP contribution in [0.4, 0.5) is 5.69 Å². The zero-order chi connectivity index (χ0) is 18.4. The largest absolute Gasteiger partial charge is 0.476 e. The fraction of sp³-hybridized carbons (Fsp3) is 0.222. The van der Waals surface area contributed by atoms with Gasteiger partial charge in [0.15, 0.2) is 0 Å². The van der Waals surface area contributed by atoms with Crippen LogP contribution in [0.1, 0.15) is 16.8 Å². The normalized spacial score (nSPS) is 11.1. The first-order valence-corrected chi connectivity index (χ1v) is 7.49. The zero-order valence-electron chi connectivity index (χ0n) is 14.2. The van der Waals surface area contributed by atoms with Crippen molar-refractivity contribution in [2.45, 2.75) is 13.3 Å². The Morgan fingerprint density at radius 1 is 1.28 bits per heavy atom. The molecule has 25 heavy (non-hydrogen) atoms. The molecule has 2 rings (SSSR count). The number of nitro groups is 1. The zero-order valence-corrected chi connectivity index (χ0v) is 14.2. The van der Waals surface area contributed by atoms with Gasteiger partial charge in [-0.05, 0) is 24.6 Å². The number of benzene rings is 1. The third kappa shape index (κ3) is 4.41. The monoisotopic (exact) mass is 342 g/mol. The Kier molecular flexibility index (Phi) is 5.84. The van der Waals surface area contributed by atoms with Crippen molar-refractivity contribution in [3.8, 4) is 5.88 Å². The van der Waals surface area contributed by atoms with Crippen LogP contribution < -0.4 is 4.74 Å². The summed E-state index contributed by atoms with van der Waals surface area (Å²) in [6, 6.07) is 10.8. The third-order valence-corrected chi connectivity index (χ3v) is 3.51. The molecule has 2 aromatic rings. The average Bonchev–Trinajstić information content (AvgIpc) is 2.60. The lowest BCUT2D eigenvalue weighted by Crippen LogP contribution is -2.08. The summed E-state index contributed by atoms with van der Waals surface area (Å²) >= 11 is 0. The Balaban J connectivity index is 2.57. The minimum absolute atomic E-state index is 0.0971. The SMILES string of the molecule is COC(=O)/C(=C/c1cc(C)nc(OC)c1[N+](=O)[O-])Cc1ccccc1. The van der Waals surface area contributed by atoms with Crippen LogP contribution in [-0.4, -0.2) is 30.1 Å². The van der Waals surface area contributed by atoms with Gasteiger partial charge >= 0.3 is 11.7 Å². The van der Waals surface area contributed by atoms with Crippen molar-refractivity contribution in [1.82, 2.24) is 4.98 Å². The van der Waals surface area contributed by atoms with E-state index in [0.717, 1.165) is 5.56 Å². The van der Waals surface area contributed by atoms with Crippen molar-refractivity contribution in [3.63, 3.8) is 0 Å². The number of aromatic nitrogens is 1. The maximum Gasteiger partial charge on any atom is 0.338 e. The Bertz CT molecular complexity index is 816. The number of nitrogens with zero attached hydrogens (tertiary/aromatic N) is 2. The summed E-state index contributed by atoms with van der Waals surface area (Å²) in [5.74, 6) is -0.647. The highest BCUT2D eigenvalue weighted by Crippen LogP contribution is 2.31. The summed E-state index contributed by atoms with van der Waals surface area (Å²) < 4.78 is 9.84. The van der Waals surface area contributed by atoms with Crippen molar-refractivity contribution < 1.29 is 19.2 Å². The van der Waals surface area contributed by atoms with Crippen molar-refractivity contribution in [2.75, 3.05) is 14.2 Å². The molecule has 0 atom stereocenters. The Labute approximate surface area is 145 Å². The topological polar surface area (TPSA) is 91.6 Å². The predicted molar refractivity (Wildman–Crippen MR) is 92.3 cm³/mol. The fourth-order valence-electron chi connectivity index (χ4n) is 2.41. The van der Waals surface area contributed by atoms with E-state index in [-0.39, 0.29) is 23.6 Å². The number of pyridine rings is 1. The first-order chi connectivity index (χ1) is 12.0. The molecule has 130 valence electrons. The maximum absolute atomic E-state index is 12.1. The summed E-state index contributed by atoms with van der Waals surface area (Å²) in [4.78, 5) is 27.0. The molecule has 1 heterocycles. The van der Waals surface area contributed by atoms with Crippen LogP contribution in [0.5, 0.6) is 5.88 Å². The molecule has 0 aliphatic heterocycles. The lowest BCUT2D eigenvalue weighted by Gasteiger charge is -2.08. The lowest BCUT2D eigenvalue weighted by atomic mass is 10.0. The lowest BCUT2D eigenvalue weighted by molar-refractivity contribution is -0.386. The molecule has 1 aromatic carbocycles.